The summed E-state index contributed by atoms with van der Waals surface area (Å²) < 4.78 is 0. The summed E-state index contributed by atoms with van der Waals surface area (Å²) in [4.78, 5) is 2.60. The summed E-state index contributed by atoms with van der Waals surface area (Å²) in [7, 11) is 2.34. The number of nitrogens with one attached hydrogen (secondary N) is 1. The Morgan fingerprint density at radius 2 is 1.50 bits per heavy atom. The monoisotopic (exact) mass is 278 g/mol. The summed E-state index contributed by atoms with van der Waals surface area (Å²) in [6.07, 6.45) is 9.31. The van der Waals surface area contributed by atoms with Crippen molar-refractivity contribution in [3.8, 4) is 0 Å². The molecule has 0 aromatic carbocycles. The number of nitrogens with zero attached hydrogens (tertiary/aromatic N) is 1. The van der Waals surface area contributed by atoms with E-state index >= 15 is 0 Å². The van der Waals surface area contributed by atoms with Crippen LogP contribution in [-0.4, -0.2) is 37.1 Å². The highest BCUT2D eigenvalue weighted by Crippen LogP contribution is 2.60. The molecule has 4 aliphatic rings. The maximum absolute atomic E-state index is 3.62. The van der Waals surface area contributed by atoms with Crippen molar-refractivity contribution in [3.05, 3.63) is 0 Å². The van der Waals surface area contributed by atoms with Crippen molar-refractivity contribution in [2.75, 3.05) is 26.7 Å². The molecule has 4 aliphatic carbocycles. The molecule has 0 aromatic rings. The van der Waals surface area contributed by atoms with Crippen LogP contribution < -0.4 is 5.32 Å². The van der Waals surface area contributed by atoms with Gasteiger partial charge in [0.25, 0.3) is 0 Å². The standard InChI is InChI=1S/C18H34N2/c1-17(2,3)19-5-6-20(4)13-18-10-14-7-15(11-18)9-16(8-14)12-18/h14-16,19H,5-13H2,1-4H3. The highest BCUT2D eigenvalue weighted by atomic mass is 15.1. The molecule has 0 aliphatic heterocycles. The molecule has 1 N–H and O–H groups in total. The highest BCUT2D eigenvalue weighted by molar-refractivity contribution is 5.02. The van der Waals surface area contributed by atoms with Gasteiger partial charge in [0, 0.05) is 25.2 Å². The van der Waals surface area contributed by atoms with Gasteiger partial charge in [0.15, 0.2) is 0 Å². The van der Waals surface area contributed by atoms with Gasteiger partial charge < -0.3 is 10.2 Å². The van der Waals surface area contributed by atoms with Crippen molar-refractivity contribution in [2.45, 2.75) is 64.8 Å². The minimum Gasteiger partial charge on any atom is -0.311 e. The second-order valence-electron chi connectivity index (χ2n) is 9.33. The van der Waals surface area contributed by atoms with E-state index < -0.39 is 0 Å². The second-order valence-corrected chi connectivity index (χ2v) is 9.33. The first-order valence-electron chi connectivity index (χ1n) is 8.77. The molecule has 0 aromatic heterocycles. The van der Waals surface area contributed by atoms with E-state index in [1.807, 2.05) is 0 Å². The molecule has 0 radical (unpaired) electrons. The average Bonchev–Trinajstić information content (AvgIpc) is 2.23. The molecule has 4 bridgehead atoms. The van der Waals surface area contributed by atoms with Crippen molar-refractivity contribution in [2.24, 2.45) is 23.2 Å². The smallest absolute Gasteiger partial charge is 0.0104 e. The predicted octanol–water partition coefficient (Wildman–Crippen LogP) is 3.52. The van der Waals surface area contributed by atoms with Gasteiger partial charge >= 0.3 is 0 Å². The molecular weight excluding hydrogens is 244 g/mol. The van der Waals surface area contributed by atoms with Gasteiger partial charge in [-0.15, -0.1) is 0 Å². The summed E-state index contributed by atoms with van der Waals surface area (Å²) >= 11 is 0. The van der Waals surface area contributed by atoms with Gasteiger partial charge in [-0.1, -0.05) is 0 Å². The molecule has 4 saturated carbocycles. The lowest BCUT2D eigenvalue weighted by Gasteiger charge is -2.57. The third-order valence-electron chi connectivity index (χ3n) is 5.92. The van der Waals surface area contributed by atoms with E-state index in [2.05, 4.69) is 38.0 Å². The lowest BCUT2D eigenvalue weighted by molar-refractivity contribution is -0.0660. The zero-order chi connectivity index (χ0) is 14.4. The minimum atomic E-state index is 0.252. The van der Waals surface area contributed by atoms with Crippen LogP contribution in [0.5, 0.6) is 0 Å². The van der Waals surface area contributed by atoms with Crippen molar-refractivity contribution in [1.29, 1.82) is 0 Å². The van der Waals surface area contributed by atoms with Crippen molar-refractivity contribution in [3.63, 3.8) is 0 Å². The van der Waals surface area contributed by atoms with Crippen LogP contribution in [0.25, 0.3) is 0 Å². The van der Waals surface area contributed by atoms with Gasteiger partial charge in [0.2, 0.25) is 0 Å². The van der Waals surface area contributed by atoms with Crippen LogP contribution in [0.2, 0.25) is 0 Å². The Hall–Kier alpha value is -0.0800. The first kappa shape index (κ1) is 14.8. The molecule has 2 heteroatoms. The van der Waals surface area contributed by atoms with E-state index in [4.69, 9.17) is 0 Å². The van der Waals surface area contributed by atoms with E-state index in [1.54, 1.807) is 19.3 Å². The number of hydrogen-bond donors (Lipinski definition) is 1. The normalized spacial score (nSPS) is 39.8. The van der Waals surface area contributed by atoms with Crippen molar-refractivity contribution < 1.29 is 0 Å². The zero-order valence-electron chi connectivity index (χ0n) is 14.0. The van der Waals surface area contributed by atoms with E-state index in [-0.39, 0.29) is 5.54 Å². The minimum absolute atomic E-state index is 0.252. The molecule has 0 saturated heterocycles. The summed E-state index contributed by atoms with van der Waals surface area (Å²) in [5.74, 6) is 3.26. The third-order valence-corrected chi connectivity index (χ3v) is 5.92. The van der Waals surface area contributed by atoms with E-state index in [0.717, 1.165) is 24.3 Å². The SMILES string of the molecule is CN(CCNC(C)(C)C)CC12CC3CC(CC(C3)C1)C2. The Morgan fingerprint density at radius 1 is 1.00 bits per heavy atom. The number of rotatable bonds is 5. The molecule has 116 valence electrons. The van der Waals surface area contributed by atoms with Crippen LogP contribution in [0.4, 0.5) is 0 Å². The van der Waals surface area contributed by atoms with Gasteiger partial charge in [0.05, 0.1) is 0 Å². The molecule has 0 amide bonds. The summed E-state index contributed by atoms with van der Waals surface area (Å²) in [6.45, 7) is 10.4. The van der Waals surface area contributed by atoms with Gasteiger partial charge in [-0.2, -0.15) is 0 Å². The number of hydrogen-bond acceptors (Lipinski definition) is 2. The van der Waals surface area contributed by atoms with Gasteiger partial charge in [-0.05, 0) is 89.5 Å². The Kier molecular flexibility index (Phi) is 3.92. The van der Waals surface area contributed by atoms with Crippen LogP contribution in [0, 0.1) is 23.2 Å². The fourth-order valence-corrected chi connectivity index (χ4v) is 5.76. The van der Waals surface area contributed by atoms with Gasteiger partial charge in [-0.25, -0.2) is 0 Å². The molecule has 0 heterocycles. The Balaban J connectivity index is 1.50. The Morgan fingerprint density at radius 3 is 1.95 bits per heavy atom. The van der Waals surface area contributed by atoms with Gasteiger partial charge in [0.1, 0.15) is 0 Å². The molecule has 2 nitrogen and oxygen atoms in total. The molecular formula is C18H34N2. The van der Waals surface area contributed by atoms with Crippen molar-refractivity contribution >= 4 is 0 Å². The predicted molar refractivity (Wildman–Crippen MR) is 85.9 cm³/mol. The summed E-state index contributed by atoms with van der Waals surface area (Å²) in [6, 6.07) is 0. The molecule has 20 heavy (non-hydrogen) atoms. The fourth-order valence-electron chi connectivity index (χ4n) is 5.76. The summed E-state index contributed by atoms with van der Waals surface area (Å²) in [5.41, 5.74) is 0.951. The first-order chi connectivity index (χ1) is 9.34. The molecule has 0 spiro atoms. The molecule has 4 fully saturated rings. The van der Waals surface area contributed by atoms with Crippen LogP contribution in [-0.2, 0) is 0 Å². The van der Waals surface area contributed by atoms with Crippen molar-refractivity contribution in [1.82, 2.24) is 10.2 Å². The highest BCUT2D eigenvalue weighted by Gasteiger charge is 2.50. The van der Waals surface area contributed by atoms with Crippen LogP contribution in [0.3, 0.4) is 0 Å². The Labute approximate surface area is 125 Å². The van der Waals surface area contributed by atoms with Crippen LogP contribution in [0.1, 0.15) is 59.3 Å². The zero-order valence-corrected chi connectivity index (χ0v) is 14.0. The average molecular weight is 278 g/mol. The lowest BCUT2D eigenvalue weighted by Crippen LogP contribution is -2.51. The molecule has 4 rings (SSSR count). The maximum Gasteiger partial charge on any atom is 0.0104 e. The maximum atomic E-state index is 3.62. The first-order valence-corrected chi connectivity index (χ1v) is 8.77. The van der Waals surface area contributed by atoms with E-state index in [0.29, 0.717) is 5.41 Å². The van der Waals surface area contributed by atoms with Gasteiger partial charge in [-0.3, -0.25) is 0 Å². The quantitative estimate of drug-likeness (QED) is 0.828. The molecule has 0 unspecified atom stereocenters. The topological polar surface area (TPSA) is 15.3 Å². The van der Waals surface area contributed by atoms with E-state index in [1.165, 1.54) is 32.4 Å². The summed E-state index contributed by atoms with van der Waals surface area (Å²) in [5, 5.41) is 3.62. The second kappa shape index (κ2) is 5.28. The van der Waals surface area contributed by atoms with Crippen LogP contribution in [0.15, 0.2) is 0 Å². The van der Waals surface area contributed by atoms with Crippen LogP contribution >= 0.6 is 0 Å². The third kappa shape index (κ3) is 3.39. The number of likely N-dealkylation sites (N-methyl/N-ethyl adjacent to an activating group) is 1. The van der Waals surface area contributed by atoms with E-state index in [9.17, 15) is 0 Å². The molecule has 0 atom stereocenters. The largest absolute Gasteiger partial charge is 0.311 e. The lowest BCUT2D eigenvalue weighted by atomic mass is 9.49. The Bertz CT molecular complexity index is 307. The fraction of sp³-hybridized carbons (Fsp3) is 1.00.